The summed E-state index contributed by atoms with van der Waals surface area (Å²) >= 11 is 0. The lowest BCUT2D eigenvalue weighted by Gasteiger charge is -2.31. The number of nitrogen functional groups attached to an aromatic ring is 1. The van der Waals surface area contributed by atoms with Crippen LogP contribution in [-0.4, -0.2) is 37.2 Å². The van der Waals surface area contributed by atoms with Gasteiger partial charge in [-0.2, -0.15) is 0 Å². The zero-order valence-corrected chi connectivity index (χ0v) is 27.9. The van der Waals surface area contributed by atoms with E-state index in [1.807, 2.05) is 87.5 Å². The second-order valence-electron chi connectivity index (χ2n) is 11.8. The number of rotatable bonds is 12. The Bertz CT molecular complexity index is 1680. The molecule has 1 heterocycles. The van der Waals surface area contributed by atoms with Gasteiger partial charge in [0.1, 0.15) is 18.4 Å². The summed E-state index contributed by atoms with van der Waals surface area (Å²) in [5.74, 6) is -0.506. The number of benzene rings is 4. The molecule has 3 atom stereocenters. The Morgan fingerprint density at radius 3 is 2.43 bits per heavy atom. The van der Waals surface area contributed by atoms with Crippen molar-refractivity contribution in [3.63, 3.8) is 0 Å². The van der Waals surface area contributed by atoms with Crippen molar-refractivity contribution in [1.82, 2.24) is 11.1 Å². The smallest absolute Gasteiger partial charge is 0.417 e. The first kappa shape index (κ1) is 35.0. The lowest BCUT2D eigenvalue weighted by atomic mass is 9.78. The van der Waals surface area contributed by atoms with Crippen molar-refractivity contribution in [3.8, 4) is 5.75 Å². The predicted molar refractivity (Wildman–Crippen MR) is 186 cm³/mol. The molecule has 2 amide bonds. The number of aryl methyl sites for hydroxylation is 1. The number of methoxy groups -OCH3 is 1. The highest BCUT2D eigenvalue weighted by Gasteiger charge is 2.43. The van der Waals surface area contributed by atoms with Crippen LogP contribution in [0.2, 0.25) is 0 Å². The van der Waals surface area contributed by atoms with Crippen molar-refractivity contribution in [2.45, 2.75) is 52.9 Å². The maximum atomic E-state index is 14.4. The van der Waals surface area contributed by atoms with Crippen LogP contribution in [0.1, 0.15) is 64.8 Å². The molecular weight excluding hydrogens is 592 g/mol. The van der Waals surface area contributed by atoms with Gasteiger partial charge in [-0.25, -0.2) is 9.69 Å². The Hall–Kier alpha value is -4.86. The van der Waals surface area contributed by atoms with Crippen LogP contribution in [0.15, 0.2) is 84.9 Å². The fourth-order valence-corrected chi connectivity index (χ4v) is 6.15. The fraction of sp³-hybridized carbons (Fsp3) is 0.316. The topological polar surface area (TPSA) is 138 Å². The number of nitrogens with zero attached hydrogens (tertiary/aromatic N) is 1. The number of anilines is 2. The molecular formula is C38H46N4O5. The highest BCUT2D eigenvalue weighted by Crippen LogP contribution is 2.41. The van der Waals surface area contributed by atoms with E-state index >= 15 is 0 Å². The summed E-state index contributed by atoms with van der Waals surface area (Å²) < 4.78 is 16.8. The zero-order valence-electron chi connectivity index (χ0n) is 27.9. The van der Waals surface area contributed by atoms with Crippen LogP contribution >= 0.6 is 0 Å². The number of nitrogens with two attached hydrogens (primary N) is 1. The van der Waals surface area contributed by atoms with Crippen molar-refractivity contribution in [2.24, 2.45) is 5.92 Å². The van der Waals surface area contributed by atoms with Crippen LogP contribution < -0.4 is 21.9 Å². The van der Waals surface area contributed by atoms with Gasteiger partial charge in [0.2, 0.25) is 5.91 Å². The molecule has 4 aromatic carbocycles. The van der Waals surface area contributed by atoms with Gasteiger partial charge in [-0.3, -0.25) is 4.79 Å². The summed E-state index contributed by atoms with van der Waals surface area (Å²) in [4.78, 5) is 28.7. The Morgan fingerprint density at radius 1 is 1.02 bits per heavy atom. The summed E-state index contributed by atoms with van der Waals surface area (Å²) in [7, 11) is 1.65. The van der Waals surface area contributed by atoms with Crippen LogP contribution in [0.25, 0.3) is 0 Å². The monoisotopic (exact) mass is 638 g/mol. The summed E-state index contributed by atoms with van der Waals surface area (Å²) in [5, 5.41) is 3.32. The number of amides is 2. The molecule has 0 aromatic heterocycles. The number of hydrogen-bond donors (Lipinski definition) is 3. The van der Waals surface area contributed by atoms with Gasteiger partial charge in [0.25, 0.3) is 0 Å². The third-order valence-electron chi connectivity index (χ3n) is 8.86. The number of hydrogen-bond acceptors (Lipinski definition) is 8. The highest BCUT2D eigenvalue weighted by molar-refractivity contribution is 5.95. The summed E-state index contributed by atoms with van der Waals surface area (Å²) in [5.41, 5.74) is 14.9. The lowest BCUT2D eigenvalue weighted by Crippen LogP contribution is -2.40. The van der Waals surface area contributed by atoms with Crippen molar-refractivity contribution >= 4 is 23.4 Å². The van der Waals surface area contributed by atoms with Gasteiger partial charge in [0, 0.05) is 18.4 Å². The summed E-state index contributed by atoms with van der Waals surface area (Å²) in [6.07, 6.45) is -0.625. The Morgan fingerprint density at radius 2 is 1.74 bits per heavy atom. The minimum Gasteiger partial charge on any atom is -0.497 e. The van der Waals surface area contributed by atoms with Crippen molar-refractivity contribution in [2.75, 3.05) is 31.3 Å². The SMILES string of the molecule is CCNc1ccc([C@H](c2ccc(C)c(COCc3ccc(OC)cc3)c2)[C@@H](C)C(=O)N2C(=O)OC[C@H]2c2ccccc2)c(C)c1N.N. The van der Waals surface area contributed by atoms with Crippen molar-refractivity contribution in [1.29, 1.82) is 0 Å². The molecule has 0 radical (unpaired) electrons. The summed E-state index contributed by atoms with van der Waals surface area (Å²) in [6, 6.07) is 27.1. The lowest BCUT2D eigenvalue weighted by molar-refractivity contribution is -0.133. The van der Waals surface area contributed by atoms with Gasteiger partial charge in [-0.15, -0.1) is 0 Å². The molecule has 47 heavy (non-hydrogen) atoms. The Labute approximate surface area is 277 Å². The molecule has 0 unspecified atom stereocenters. The van der Waals surface area contributed by atoms with E-state index < -0.39 is 24.0 Å². The van der Waals surface area contributed by atoms with Gasteiger partial charge in [0.15, 0.2) is 0 Å². The average molecular weight is 639 g/mol. The first-order valence-electron chi connectivity index (χ1n) is 15.7. The Kier molecular flexibility index (Phi) is 11.6. The van der Waals surface area contributed by atoms with E-state index in [9.17, 15) is 9.59 Å². The van der Waals surface area contributed by atoms with Crippen LogP contribution in [0.4, 0.5) is 16.2 Å². The molecule has 0 spiro atoms. The van der Waals surface area contributed by atoms with Gasteiger partial charge in [-0.05, 0) is 77.9 Å². The quantitative estimate of drug-likeness (QED) is 0.134. The fourth-order valence-electron chi connectivity index (χ4n) is 6.15. The Balaban J connectivity index is 0.00000500. The third kappa shape index (κ3) is 7.59. The van der Waals surface area contributed by atoms with E-state index in [4.69, 9.17) is 19.9 Å². The van der Waals surface area contributed by atoms with Crippen molar-refractivity contribution < 1.29 is 23.8 Å². The molecule has 9 nitrogen and oxygen atoms in total. The number of imide groups is 1. The molecule has 5 rings (SSSR count). The first-order chi connectivity index (χ1) is 22.2. The second kappa shape index (κ2) is 15.6. The number of ether oxygens (including phenoxy) is 3. The molecule has 1 saturated heterocycles. The maximum absolute atomic E-state index is 14.4. The molecule has 4 aromatic rings. The van der Waals surface area contributed by atoms with Crippen LogP contribution in [-0.2, 0) is 27.5 Å². The molecule has 0 saturated carbocycles. The van der Waals surface area contributed by atoms with Gasteiger partial charge >= 0.3 is 6.09 Å². The third-order valence-corrected chi connectivity index (χ3v) is 8.86. The van der Waals surface area contributed by atoms with Crippen molar-refractivity contribution in [3.05, 3.63) is 124 Å². The average Bonchev–Trinajstić information content (AvgIpc) is 3.47. The predicted octanol–water partition coefficient (Wildman–Crippen LogP) is 7.69. The summed E-state index contributed by atoms with van der Waals surface area (Å²) in [6.45, 7) is 9.65. The maximum Gasteiger partial charge on any atom is 0.417 e. The molecule has 248 valence electrons. The first-order valence-corrected chi connectivity index (χ1v) is 15.7. The molecule has 9 heteroatoms. The van der Waals surface area contributed by atoms with E-state index in [2.05, 4.69) is 30.4 Å². The standard InChI is InChI=1S/C38H43N3O5.H3N/c1-6-40-33-19-18-32(25(3)36(33)39)35(26(4)37(42)41-34(23-46-38(41)43)28-10-8-7-9-11-28)29-15-12-24(2)30(20-29)22-45-21-27-13-16-31(44-5)17-14-27;/h7-20,26,34-35,40H,6,21-23,39H2,1-5H3;1H3/t26-,34+,35+;/m1./s1. The minimum atomic E-state index is -0.625. The van der Waals surface area contributed by atoms with E-state index in [0.29, 0.717) is 18.9 Å². The molecule has 0 aliphatic carbocycles. The molecule has 0 bridgehead atoms. The van der Waals surface area contributed by atoms with Gasteiger partial charge < -0.3 is 31.4 Å². The number of carbonyl (C=O) groups is 2. The molecule has 1 fully saturated rings. The van der Waals surface area contributed by atoms with E-state index in [0.717, 1.165) is 56.9 Å². The number of carbonyl (C=O) groups excluding carboxylic acids is 2. The highest BCUT2D eigenvalue weighted by atomic mass is 16.6. The van der Waals surface area contributed by atoms with Crippen LogP contribution in [0, 0.1) is 19.8 Å². The second-order valence-corrected chi connectivity index (χ2v) is 11.8. The van der Waals surface area contributed by atoms with E-state index in [-0.39, 0.29) is 18.7 Å². The van der Waals surface area contributed by atoms with Gasteiger partial charge in [0.05, 0.1) is 31.7 Å². The number of cyclic esters (lactones) is 1. The van der Waals surface area contributed by atoms with Crippen LogP contribution in [0.3, 0.4) is 0 Å². The van der Waals surface area contributed by atoms with Crippen LogP contribution in [0.5, 0.6) is 5.75 Å². The molecule has 6 N–H and O–H groups in total. The number of nitrogens with one attached hydrogen (secondary N) is 1. The van der Waals surface area contributed by atoms with E-state index in [1.54, 1.807) is 7.11 Å². The molecule has 1 aliphatic rings. The normalized spacial score (nSPS) is 15.4. The molecule has 1 aliphatic heterocycles. The van der Waals surface area contributed by atoms with E-state index in [1.165, 1.54) is 4.90 Å². The zero-order chi connectivity index (χ0) is 32.8. The largest absolute Gasteiger partial charge is 0.497 e. The van der Waals surface area contributed by atoms with Gasteiger partial charge in [-0.1, -0.05) is 73.7 Å². The minimum absolute atomic E-state index is 0.